The summed E-state index contributed by atoms with van der Waals surface area (Å²) in [4.78, 5) is 0. The van der Waals surface area contributed by atoms with Gasteiger partial charge >= 0.3 is 0 Å². The van der Waals surface area contributed by atoms with Crippen LogP contribution in [0.2, 0.25) is 0 Å². The molecule has 0 aromatic heterocycles. The molecule has 2 fully saturated rings. The third-order valence-electron chi connectivity index (χ3n) is 8.34. The molecule has 0 amide bonds. The Kier molecular flexibility index (Phi) is 13.7. The third-order valence-corrected chi connectivity index (χ3v) is 8.34. The van der Waals surface area contributed by atoms with Crippen LogP contribution in [-0.2, 0) is 0 Å². The van der Waals surface area contributed by atoms with Gasteiger partial charge in [0, 0.05) is 0 Å². The Morgan fingerprint density at radius 1 is 0.357 bits per heavy atom. The van der Waals surface area contributed by atoms with Crippen LogP contribution >= 0.6 is 0 Å². The van der Waals surface area contributed by atoms with Gasteiger partial charge in [-0.1, -0.05) is 155 Å². The van der Waals surface area contributed by atoms with Gasteiger partial charge in [0.2, 0.25) is 0 Å². The first-order valence-corrected chi connectivity index (χ1v) is 13.8. The fraction of sp³-hybridized carbons (Fsp3) is 1.00. The average Bonchev–Trinajstić information content (AvgIpc) is 2.73. The van der Waals surface area contributed by atoms with Crippen LogP contribution in [0, 0.1) is 23.7 Å². The zero-order valence-electron chi connectivity index (χ0n) is 19.9. The Morgan fingerprint density at radius 2 is 0.607 bits per heavy atom. The Morgan fingerprint density at radius 3 is 0.857 bits per heavy atom. The van der Waals surface area contributed by atoms with Crippen molar-refractivity contribution in [2.24, 2.45) is 23.7 Å². The molecule has 2 aliphatic rings. The lowest BCUT2D eigenvalue weighted by Gasteiger charge is -2.29. The summed E-state index contributed by atoms with van der Waals surface area (Å²) in [6.07, 6.45) is 33.3. The Balaban J connectivity index is 1.38. The van der Waals surface area contributed by atoms with Crippen molar-refractivity contribution in [3.63, 3.8) is 0 Å². The van der Waals surface area contributed by atoms with Crippen LogP contribution < -0.4 is 0 Å². The zero-order chi connectivity index (χ0) is 19.9. The largest absolute Gasteiger partial charge is 0.0654 e. The first-order valence-electron chi connectivity index (χ1n) is 13.8. The highest BCUT2D eigenvalue weighted by Gasteiger charge is 2.21. The summed E-state index contributed by atoms with van der Waals surface area (Å²) in [5, 5.41) is 0. The summed E-state index contributed by atoms with van der Waals surface area (Å²) in [6, 6.07) is 0. The molecule has 166 valence electrons. The van der Waals surface area contributed by atoms with Crippen LogP contribution in [-0.4, -0.2) is 0 Å². The molecule has 0 saturated heterocycles. The summed E-state index contributed by atoms with van der Waals surface area (Å²) in [7, 11) is 0. The second kappa shape index (κ2) is 15.8. The molecule has 0 aromatic rings. The van der Waals surface area contributed by atoms with Crippen LogP contribution in [0.25, 0.3) is 0 Å². The molecule has 0 N–H and O–H groups in total. The van der Waals surface area contributed by atoms with Crippen molar-refractivity contribution in [3.05, 3.63) is 0 Å². The standard InChI is InChI=1S/C28H54/c1-3-5-9-13-25-17-21-27(22-18-25)15-11-7-8-12-16-28-23-19-26(20-24-28)14-10-6-4-2/h25-28H,3-24H2,1-2H3/t25-,26-,27-,28-. The SMILES string of the molecule is CCCCC[C@H]1CC[C@H](CCCCCC[C@H]2CC[C@H](CCCCC)CC2)CC1. The van der Waals surface area contributed by atoms with Gasteiger partial charge in [0.05, 0.1) is 0 Å². The van der Waals surface area contributed by atoms with Crippen molar-refractivity contribution < 1.29 is 0 Å². The number of rotatable bonds is 15. The second-order valence-electron chi connectivity index (χ2n) is 10.8. The van der Waals surface area contributed by atoms with Crippen LogP contribution in [0.1, 0.15) is 155 Å². The smallest absolute Gasteiger partial charge is 0.0414 e. The predicted octanol–water partition coefficient (Wildman–Crippen LogP) is 10.1. The summed E-state index contributed by atoms with van der Waals surface area (Å²) in [5.41, 5.74) is 0. The van der Waals surface area contributed by atoms with E-state index in [4.69, 9.17) is 0 Å². The Hall–Kier alpha value is 0. The molecule has 0 atom stereocenters. The van der Waals surface area contributed by atoms with E-state index in [-0.39, 0.29) is 0 Å². The highest BCUT2D eigenvalue weighted by Crippen LogP contribution is 2.36. The van der Waals surface area contributed by atoms with Crippen molar-refractivity contribution in [1.82, 2.24) is 0 Å². The van der Waals surface area contributed by atoms with Gasteiger partial charge < -0.3 is 0 Å². The van der Waals surface area contributed by atoms with Gasteiger partial charge in [-0.05, 0) is 23.7 Å². The van der Waals surface area contributed by atoms with E-state index in [2.05, 4.69) is 13.8 Å². The van der Waals surface area contributed by atoms with Crippen LogP contribution in [0.4, 0.5) is 0 Å². The van der Waals surface area contributed by atoms with E-state index in [9.17, 15) is 0 Å². The van der Waals surface area contributed by atoms with E-state index in [0.717, 1.165) is 23.7 Å². The van der Waals surface area contributed by atoms with E-state index in [0.29, 0.717) is 0 Å². The molecule has 0 heteroatoms. The highest BCUT2D eigenvalue weighted by atomic mass is 14.3. The molecule has 0 aromatic carbocycles. The van der Waals surface area contributed by atoms with Crippen molar-refractivity contribution >= 4 is 0 Å². The number of hydrogen-bond acceptors (Lipinski definition) is 0. The average molecular weight is 391 g/mol. The van der Waals surface area contributed by atoms with Crippen molar-refractivity contribution in [2.75, 3.05) is 0 Å². The van der Waals surface area contributed by atoms with Gasteiger partial charge in [-0.25, -0.2) is 0 Å². The molecular formula is C28H54. The molecule has 2 aliphatic carbocycles. The maximum Gasteiger partial charge on any atom is -0.0414 e. The minimum Gasteiger partial charge on any atom is -0.0654 e. The number of unbranched alkanes of at least 4 members (excludes halogenated alkanes) is 7. The third kappa shape index (κ3) is 10.7. The fourth-order valence-corrected chi connectivity index (χ4v) is 6.20. The monoisotopic (exact) mass is 390 g/mol. The van der Waals surface area contributed by atoms with Crippen LogP contribution in [0.15, 0.2) is 0 Å². The molecule has 2 saturated carbocycles. The lowest BCUT2D eigenvalue weighted by atomic mass is 9.77. The maximum atomic E-state index is 2.33. The molecule has 2 rings (SSSR count). The Bertz CT molecular complexity index is 296. The quantitative estimate of drug-likeness (QED) is 0.244. The lowest BCUT2D eigenvalue weighted by molar-refractivity contribution is 0.239. The van der Waals surface area contributed by atoms with Crippen molar-refractivity contribution in [2.45, 2.75) is 155 Å². The van der Waals surface area contributed by atoms with E-state index in [1.807, 2.05) is 0 Å². The van der Waals surface area contributed by atoms with E-state index in [1.54, 1.807) is 64.2 Å². The molecule has 0 aliphatic heterocycles. The summed E-state index contributed by atoms with van der Waals surface area (Å²) < 4.78 is 0. The van der Waals surface area contributed by atoms with Crippen LogP contribution in [0.5, 0.6) is 0 Å². The second-order valence-corrected chi connectivity index (χ2v) is 10.8. The summed E-state index contributed by atoms with van der Waals surface area (Å²) in [5.74, 6) is 4.35. The molecule has 0 radical (unpaired) electrons. The first-order chi connectivity index (χ1) is 13.8. The molecule has 0 unspecified atom stereocenters. The lowest BCUT2D eigenvalue weighted by Crippen LogP contribution is -2.15. The molecule has 0 bridgehead atoms. The Labute approximate surface area is 179 Å². The minimum atomic E-state index is 1.09. The molecule has 0 spiro atoms. The van der Waals surface area contributed by atoms with Gasteiger partial charge in [0.15, 0.2) is 0 Å². The zero-order valence-corrected chi connectivity index (χ0v) is 19.9. The number of hydrogen-bond donors (Lipinski definition) is 0. The first kappa shape index (κ1) is 24.3. The van der Waals surface area contributed by atoms with Crippen LogP contribution in [0.3, 0.4) is 0 Å². The molecule has 28 heavy (non-hydrogen) atoms. The molecular weight excluding hydrogens is 336 g/mol. The summed E-state index contributed by atoms with van der Waals surface area (Å²) in [6.45, 7) is 4.66. The minimum absolute atomic E-state index is 1.09. The van der Waals surface area contributed by atoms with Gasteiger partial charge in [-0.3, -0.25) is 0 Å². The molecule has 0 nitrogen and oxygen atoms in total. The van der Waals surface area contributed by atoms with E-state index < -0.39 is 0 Å². The topological polar surface area (TPSA) is 0 Å². The normalized spacial score (nSPS) is 28.5. The van der Waals surface area contributed by atoms with Gasteiger partial charge in [-0.15, -0.1) is 0 Å². The fourth-order valence-electron chi connectivity index (χ4n) is 6.20. The maximum absolute atomic E-state index is 2.33. The van der Waals surface area contributed by atoms with Crippen molar-refractivity contribution in [1.29, 1.82) is 0 Å². The van der Waals surface area contributed by atoms with E-state index in [1.165, 1.54) is 77.0 Å². The van der Waals surface area contributed by atoms with Gasteiger partial charge in [0.25, 0.3) is 0 Å². The molecule has 0 heterocycles. The predicted molar refractivity (Wildman–Crippen MR) is 127 cm³/mol. The van der Waals surface area contributed by atoms with E-state index >= 15 is 0 Å². The van der Waals surface area contributed by atoms with Gasteiger partial charge in [0.1, 0.15) is 0 Å². The highest BCUT2D eigenvalue weighted by molar-refractivity contribution is 4.74. The van der Waals surface area contributed by atoms with Gasteiger partial charge in [-0.2, -0.15) is 0 Å². The van der Waals surface area contributed by atoms with Crippen molar-refractivity contribution in [3.8, 4) is 0 Å². The summed E-state index contributed by atoms with van der Waals surface area (Å²) >= 11 is 0.